The number of likely N-dealkylation sites (tertiary alicyclic amines) is 1. The summed E-state index contributed by atoms with van der Waals surface area (Å²) in [4.78, 5) is 46.4. The third kappa shape index (κ3) is 4.11. The van der Waals surface area contributed by atoms with Gasteiger partial charge in [0.25, 0.3) is 5.91 Å². The Morgan fingerprint density at radius 3 is 2.59 bits per heavy atom. The van der Waals surface area contributed by atoms with Gasteiger partial charge in [0.05, 0.1) is 11.6 Å². The molecular formula is C19H21N5O3. The van der Waals surface area contributed by atoms with E-state index in [2.05, 4.69) is 15.3 Å². The highest BCUT2D eigenvalue weighted by Gasteiger charge is 2.34. The Morgan fingerprint density at radius 2 is 1.89 bits per heavy atom. The van der Waals surface area contributed by atoms with Crippen LogP contribution in [-0.2, 0) is 9.59 Å². The van der Waals surface area contributed by atoms with Crippen LogP contribution in [0.3, 0.4) is 0 Å². The maximum atomic E-state index is 12.9. The zero-order valence-electron chi connectivity index (χ0n) is 15.0. The van der Waals surface area contributed by atoms with Crippen LogP contribution >= 0.6 is 0 Å². The number of carbonyl (C=O) groups excluding carboxylic acids is 3. The van der Waals surface area contributed by atoms with Crippen molar-refractivity contribution in [3.05, 3.63) is 54.0 Å². The van der Waals surface area contributed by atoms with E-state index in [4.69, 9.17) is 5.73 Å². The van der Waals surface area contributed by atoms with Crippen molar-refractivity contribution < 1.29 is 14.4 Å². The molecule has 8 heteroatoms. The second kappa shape index (κ2) is 7.94. The summed E-state index contributed by atoms with van der Waals surface area (Å²) in [7, 11) is 0. The van der Waals surface area contributed by atoms with Crippen molar-refractivity contribution in [3.63, 3.8) is 0 Å². The molecule has 8 nitrogen and oxygen atoms in total. The summed E-state index contributed by atoms with van der Waals surface area (Å²) in [6.45, 7) is 2.52. The van der Waals surface area contributed by atoms with Gasteiger partial charge < -0.3 is 16.0 Å². The van der Waals surface area contributed by atoms with Gasteiger partial charge in [-0.3, -0.25) is 19.4 Å². The molecule has 0 radical (unpaired) electrons. The highest BCUT2D eigenvalue weighted by molar-refractivity contribution is 6.39. The Kier molecular flexibility index (Phi) is 5.44. The molecule has 3 heterocycles. The molecule has 3 N–H and O–H groups in total. The van der Waals surface area contributed by atoms with Crippen LogP contribution in [0.1, 0.15) is 41.7 Å². The second-order valence-corrected chi connectivity index (χ2v) is 6.65. The number of nitrogens with zero attached hydrogens (tertiary/aromatic N) is 3. The van der Waals surface area contributed by atoms with Gasteiger partial charge in [-0.1, -0.05) is 6.92 Å². The van der Waals surface area contributed by atoms with Crippen molar-refractivity contribution in [2.75, 3.05) is 11.9 Å². The number of nitrogens with one attached hydrogen (secondary N) is 1. The fraction of sp³-hybridized carbons (Fsp3) is 0.316. The van der Waals surface area contributed by atoms with Gasteiger partial charge in [0.15, 0.2) is 0 Å². The number of nitrogens with two attached hydrogens (primary N) is 1. The van der Waals surface area contributed by atoms with E-state index in [0.29, 0.717) is 6.54 Å². The fourth-order valence-corrected chi connectivity index (χ4v) is 3.30. The van der Waals surface area contributed by atoms with Crippen molar-refractivity contribution in [2.45, 2.75) is 25.8 Å². The van der Waals surface area contributed by atoms with Gasteiger partial charge in [0.2, 0.25) is 0 Å². The minimum atomic E-state index is -0.843. The molecule has 2 aromatic rings. The smallest absolute Gasteiger partial charge is 0.315 e. The lowest BCUT2D eigenvalue weighted by Gasteiger charge is -2.38. The molecule has 2 aromatic heterocycles. The molecule has 0 aromatic carbocycles. The summed E-state index contributed by atoms with van der Waals surface area (Å²) in [6, 6.07) is 6.48. The first-order chi connectivity index (χ1) is 13.0. The molecule has 1 aliphatic rings. The first-order valence-electron chi connectivity index (χ1n) is 8.74. The molecule has 27 heavy (non-hydrogen) atoms. The van der Waals surface area contributed by atoms with E-state index in [1.165, 1.54) is 18.3 Å². The third-order valence-electron chi connectivity index (χ3n) is 4.67. The minimum Gasteiger partial charge on any atom is -0.365 e. The van der Waals surface area contributed by atoms with Crippen molar-refractivity contribution in [1.29, 1.82) is 0 Å². The molecule has 3 amide bonds. The normalized spacial score (nSPS) is 19.4. The highest BCUT2D eigenvalue weighted by atomic mass is 16.2. The maximum absolute atomic E-state index is 12.9. The fourth-order valence-electron chi connectivity index (χ4n) is 3.30. The number of hydrogen-bond donors (Lipinski definition) is 2. The van der Waals surface area contributed by atoms with Crippen LogP contribution in [0, 0.1) is 5.92 Å². The summed E-state index contributed by atoms with van der Waals surface area (Å²) in [5, 5.41) is 2.42. The first-order valence-corrected chi connectivity index (χ1v) is 8.74. The summed E-state index contributed by atoms with van der Waals surface area (Å²) in [6.07, 6.45) is 6.48. The van der Waals surface area contributed by atoms with Crippen LogP contribution < -0.4 is 11.1 Å². The van der Waals surface area contributed by atoms with Crippen LogP contribution in [-0.4, -0.2) is 39.1 Å². The Balaban J connectivity index is 1.82. The largest absolute Gasteiger partial charge is 0.365 e. The summed E-state index contributed by atoms with van der Waals surface area (Å²) in [5.41, 5.74) is 6.28. The molecule has 0 spiro atoms. The summed E-state index contributed by atoms with van der Waals surface area (Å²) < 4.78 is 0. The Bertz CT molecular complexity index is 855. The van der Waals surface area contributed by atoms with Crippen LogP contribution in [0.5, 0.6) is 0 Å². The standard InChI is InChI=1S/C19H21N5O3/c1-12-4-5-15(13-6-9-21-10-7-13)24(11-12)19(27)18(26)23-17-14(16(20)25)3-2-8-22-17/h2-3,6-10,12,15H,4-5,11H2,1H3,(H2,20,25)(H,22,23,26). The predicted octanol–water partition coefficient (Wildman–Crippen LogP) is 1.51. The van der Waals surface area contributed by atoms with Gasteiger partial charge in [-0.15, -0.1) is 0 Å². The molecule has 1 aliphatic heterocycles. The number of carbonyl (C=O) groups is 3. The van der Waals surface area contributed by atoms with E-state index in [-0.39, 0.29) is 23.3 Å². The zero-order chi connectivity index (χ0) is 19.4. The Hall–Kier alpha value is -3.29. The summed E-state index contributed by atoms with van der Waals surface area (Å²) in [5.74, 6) is -1.97. The number of rotatable bonds is 3. The highest BCUT2D eigenvalue weighted by Crippen LogP contribution is 2.33. The van der Waals surface area contributed by atoms with Crippen LogP contribution in [0.4, 0.5) is 5.82 Å². The average molecular weight is 367 g/mol. The van der Waals surface area contributed by atoms with E-state index in [1.54, 1.807) is 17.3 Å². The lowest BCUT2D eigenvalue weighted by Crippen LogP contribution is -2.46. The zero-order valence-corrected chi connectivity index (χ0v) is 15.0. The van der Waals surface area contributed by atoms with Crippen LogP contribution in [0.2, 0.25) is 0 Å². The monoisotopic (exact) mass is 367 g/mol. The number of piperidine rings is 1. The second-order valence-electron chi connectivity index (χ2n) is 6.65. The number of aromatic nitrogens is 2. The molecular weight excluding hydrogens is 346 g/mol. The summed E-state index contributed by atoms with van der Waals surface area (Å²) >= 11 is 0. The van der Waals surface area contributed by atoms with E-state index in [9.17, 15) is 14.4 Å². The Morgan fingerprint density at radius 1 is 1.15 bits per heavy atom. The van der Waals surface area contributed by atoms with Gasteiger partial charge in [-0.05, 0) is 48.6 Å². The van der Waals surface area contributed by atoms with Gasteiger partial charge in [-0.2, -0.15) is 0 Å². The van der Waals surface area contributed by atoms with Crippen molar-refractivity contribution >= 4 is 23.5 Å². The molecule has 2 unspecified atom stereocenters. The van der Waals surface area contributed by atoms with E-state index in [0.717, 1.165) is 18.4 Å². The molecule has 3 rings (SSSR count). The molecule has 1 fully saturated rings. The van der Waals surface area contributed by atoms with Gasteiger partial charge in [0, 0.05) is 25.1 Å². The molecule has 1 saturated heterocycles. The first kappa shape index (κ1) is 18.5. The minimum absolute atomic E-state index is 0.0196. The van der Waals surface area contributed by atoms with Crippen LogP contribution in [0.15, 0.2) is 42.9 Å². The molecule has 0 bridgehead atoms. The number of hydrogen-bond acceptors (Lipinski definition) is 5. The topological polar surface area (TPSA) is 118 Å². The van der Waals surface area contributed by atoms with Crippen molar-refractivity contribution in [1.82, 2.24) is 14.9 Å². The lowest BCUT2D eigenvalue weighted by atomic mass is 9.90. The third-order valence-corrected chi connectivity index (χ3v) is 4.67. The lowest BCUT2D eigenvalue weighted by molar-refractivity contribution is -0.146. The number of anilines is 1. The predicted molar refractivity (Wildman–Crippen MR) is 98.5 cm³/mol. The van der Waals surface area contributed by atoms with Gasteiger partial charge in [0.1, 0.15) is 5.82 Å². The van der Waals surface area contributed by atoms with E-state index < -0.39 is 17.7 Å². The van der Waals surface area contributed by atoms with Gasteiger partial charge in [-0.25, -0.2) is 4.98 Å². The molecule has 0 saturated carbocycles. The van der Waals surface area contributed by atoms with Gasteiger partial charge >= 0.3 is 11.8 Å². The Labute approximate surface area is 156 Å². The SMILES string of the molecule is CC1CCC(c2ccncc2)N(C(=O)C(=O)Nc2ncccc2C(N)=O)C1. The van der Waals surface area contributed by atoms with Crippen molar-refractivity contribution in [3.8, 4) is 0 Å². The number of pyridine rings is 2. The quantitative estimate of drug-likeness (QED) is 0.797. The van der Waals surface area contributed by atoms with Crippen LogP contribution in [0.25, 0.3) is 0 Å². The molecule has 2 atom stereocenters. The average Bonchev–Trinajstić information content (AvgIpc) is 2.68. The maximum Gasteiger partial charge on any atom is 0.315 e. The number of amides is 3. The van der Waals surface area contributed by atoms with Crippen molar-refractivity contribution in [2.24, 2.45) is 11.7 Å². The number of primary amides is 1. The molecule has 0 aliphatic carbocycles. The molecule has 140 valence electrons. The van der Waals surface area contributed by atoms with E-state index >= 15 is 0 Å². The van der Waals surface area contributed by atoms with E-state index in [1.807, 2.05) is 19.1 Å².